The van der Waals surface area contributed by atoms with E-state index in [1.807, 2.05) is 72.8 Å². The molecule has 1 unspecified atom stereocenters. The van der Waals surface area contributed by atoms with Crippen LogP contribution < -0.4 is 10.8 Å². The van der Waals surface area contributed by atoms with Crippen molar-refractivity contribution in [3.8, 4) is 0 Å². The van der Waals surface area contributed by atoms with Gasteiger partial charge in [-0.1, -0.05) is 91.0 Å². The van der Waals surface area contributed by atoms with Crippen molar-refractivity contribution in [1.29, 1.82) is 0 Å². The van der Waals surface area contributed by atoms with Crippen molar-refractivity contribution < 1.29 is 15.1 Å². The van der Waals surface area contributed by atoms with Crippen LogP contribution in [0.25, 0.3) is 27.6 Å². The van der Waals surface area contributed by atoms with Crippen LogP contribution in [0, 0.1) is 0 Å². The van der Waals surface area contributed by atoms with Crippen LogP contribution in [0.5, 0.6) is 0 Å². The molecule has 184 valence electrons. The molecule has 5 nitrogen and oxygen atoms in total. The quantitative estimate of drug-likeness (QED) is 0.144. The maximum Gasteiger partial charge on any atom is 0.274 e. The van der Waals surface area contributed by atoms with Gasteiger partial charge in [-0.3, -0.25) is 10.0 Å². The number of amides is 1. The SMILES string of the molecule is O=C(NO)c1ccc(C=C(CNc2ccc3ccccc3c2)CC(O)c2cccc3ccccc23)cc1. The van der Waals surface area contributed by atoms with Crippen LogP contribution in [0.2, 0.25) is 0 Å². The Bertz CT molecular complexity index is 1570. The van der Waals surface area contributed by atoms with Gasteiger partial charge >= 0.3 is 0 Å². The van der Waals surface area contributed by atoms with E-state index in [0.29, 0.717) is 18.5 Å². The second-order valence-electron chi connectivity index (χ2n) is 9.07. The Morgan fingerprint density at radius 2 is 1.49 bits per heavy atom. The summed E-state index contributed by atoms with van der Waals surface area (Å²) in [6.07, 6.45) is 1.78. The first-order chi connectivity index (χ1) is 18.1. The number of rotatable bonds is 8. The summed E-state index contributed by atoms with van der Waals surface area (Å²) in [7, 11) is 0. The predicted molar refractivity (Wildman–Crippen MR) is 150 cm³/mol. The number of fused-ring (bicyclic) bond motifs is 2. The van der Waals surface area contributed by atoms with E-state index >= 15 is 0 Å². The average molecular weight is 489 g/mol. The fourth-order valence-corrected chi connectivity index (χ4v) is 4.63. The summed E-state index contributed by atoms with van der Waals surface area (Å²) in [5.74, 6) is -0.555. The topological polar surface area (TPSA) is 81.6 Å². The second-order valence-corrected chi connectivity index (χ2v) is 9.07. The lowest BCUT2D eigenvalue weighted by Gasteiger charge is -2.18. The largest absolute Gasteiger partial charge is 0.388 e. The van der Waals surface area contributed by atoms with E-state index in [0.717, 1.165) is 38.5 Å². The standard InChI is InChI=1S/C32H28N2O3/c35-31(30-11-5-9-25-7-3-4-10-29(25)30)19-23(18-22-12-14-26(15-13-22)32(36)34-37)21-33-28-17-16-24-6-1-2-8-27(24)20-28/h1-18,20,31,33,35,37H,19,21H2,(H,34,36). The zero-order valence-electron chi connectivity index (χ0n) is 20.3. The molecule has 0 saturated heterocycles. The zero-order chi connectivity index (χ0) is 25.6. The number of anilines is 1. The Hall–Kier alpha value is -4.45. The fourth-order valence-electron chi connectivity index (χ4n) is 4.63. The lowest BCUT2D eigenvalue weighted by atomic mass is 9.95. The van der Waals surface area contributed by atoms with Gasteiger partial charge in [-0.15, -0.1) is 0 Å². The van der Waals surface area contributed by atoms with Gasteiger partial charge in [-0.05, 0) is 62.5 Å². The minimum Gasteiger partial charge on any atom is -0.388 e. The summed E-state index contributed by atoms with van der Waals surface area (Å²) in [5, 5.41) is 28.2. The molecular weight excluding hydrogens is 460 g/mol. The van der Waals surface area contributed by atoms with E-state index in [1.54, 1.807) is 17.6 Å². The van der Waals surface area contributed by atoms with Gasteiger partial charge in [0.25, 0.3) is 5.91 Å². The van der Waals surface area contributed by atoms with Gasteiger partial charge in [0.05, 0.1) is 6.10 Å². The molecule has 0 saturated carbocycles. The molecule has 1 atom stereocenters. The van der Waals surface area contributed by atoms with E-state index in [9.17, 15) is 9.90 Å². The van der Waals surface area contributed by atoms with Crippen LogP contribution >= 0.6 is 0 Å². The summed E-state index contributed by atoms with van der Waals surface area (Å²) in [6, 6.07) is 35.5. The van der Waals surface area contributed by atoms with Gasteiger partial charge < -0.3 is 10.4 Å². The lowest BCUT2D eigenvalue weighted by Crippen LogP contribution is -2.18. The lowest BCUT2D eigenvalue weighted by molar-refractivity contribution is 0.0706. The van der Waals surface area contributed by atoms with E-state index in [2.05, 4.69) is 35.6 Å². The van der Waals surface area contributed by atoms with Crippen LogP contribution in [0.3, 0.4) is 0 Å². The molecule has 1 amide bonds. The van der Waals surface area contributed by atoms with E-state index in [1.165, 1.54) is 5.39 Å². The number of nitrogens with one attached hydrogen (secondary N) is 2. The molecule has 0 aliphatic heterocycles. The highest BCUT2D eigenvalue weighted by Crippen LogP contribution is 2.29. The highest BCUT2D eigenvalue weighted by molar-refractivity contribution is 5.93. The van der Waals surface area contributed by atoms with Crippen LogP contribution in [-0.2, 0) is 0 Å². The molecule has 5 rings (SSSR count). The number of hydrogen-bond acceptors (Lipinski definition) is 4. The van der Waals surface area contributed by atoms with Crippen LogP contribution in [0.4, 0.5) is 5.69 Å². The fraction of sp³-hybridized carbons (Fsp3) is 0.0938. The van der Waals surface area contributed by atoms with E-state index in [-0.39, 0.29) is 0 Å². The minimum atomic E-state index is -0.685. The predicted octanol–water partition coefficient (Wildman–Crippen LogP) is 6.73. The number of benzene rings is 5. The number of hydroxylamine groups is 1. The summed E-state index contributed by atoms with van der Waals surface area (Å²) >= 11 is 0. The van der Waals surface area contributed by atoms with Gasteiger partial charge in [0.1, 0.15) is 0 Å². The minimum absolute atomic E-state index is 0.367. The Labute approximate surface area is 215 Å². The molecule has 37 heavy (non-hydrogen) atoms. The van der Waals surface area contributed by atoms with Crippen molar-refractivity contribution in [2.24, 2.45) is 0 Å². The number of aliphatic hydroxyl groups is 1. The highest BCUT2D eigenvalue weighted by Gasteiger charge is 2.14. The van der Waals surface area contributed by atoms with Gasteiger partial charge in [0.15, 0.2) is 0 Å². The van der Waals surface area contributed by atoms with Gasteiger partial charge in [0, 0.05) is 24.2 Å². The monoisotopic (exact) mass is 488 g/mol. The molecule has 0 bridgehead atoms. The molecule has 0 heterocycles. The van der Waals surface area contributed by atoms with Gasteiger partial charge in [-0.2, -0.15) is 0 Å². The highest BCUT2D eigenvalue weighted by atomic mass is 16.5. The molecule has 0 aromatic heterocycles. The first-order valence-corrected chi connectivity index (χ1v) is 12.2. The third-order valence-corrected chi connectivity index (χ3v) is 6.55. The molecule has 0 aliphatic rings. The molecule has 0 aliphatic carbocycles. The van der Waals surface area contributed by atoms with E-state index < -0.39 is 12.0 Å². The Kier molecular flexibility index (Phi) is 7.26. The van der Waals surface area contributed by atoms with Gasteiger partial charge in [0.2, 0.25) is 0 Å². The molecule has 4 N–H and O–H groups in total. The summed E-state index contributed by atoms with van der Waals surface area (Å²) < 4.78 is 0. The smallest absolute Gasteiger partial charge is 0.274 e. The molecule has 5 aromatic carbocycles. The second kappa shape index (κ2) is 11.1. The molecular formula is C32H28N2O3. The molecule has 0 spiro atoms. The molecule has 5 aromatic rings. The first kappa shape index (κ1) is 24.3. The van der Waals surface area contributed by atoms with Crippen molar-refractivity contribution in [3.05, 3.63) is 131 Å². The van der Waals surface area contributed by atoms with Crippen molar-refractivity contribution in [3.63, 3.8) is 0 Å². The molecule has 0 radical (unpaired) electrons. The Balaban J connectivity index is 1.42. The normalized spacial score (nSPS) is 12.4. The van der Waals surface area contributed by atoms with Crippen LogP contribution in [-0.4, -0.2) is 22.8 Å². The molecule has 5 heteroatoms. The van der Waals surface area contributed by atoms with Crippen LogP contribution in [0.1, 0.15) is 34.0 Å². The summed E-state index contributed by atoms with van der Waals surface area (Å²) in [4.78, 5) is 11.7. The summed E-state index contributed by atoms with van der Waals surface area (Å²) in [5.41, 5.74) is 5.82. The van der Waals surface area contributed by atoms with Crippen molar-refractivity contribution in [2.45, 2.75) is 12.5 Å². The van der Waals surface area contributed by atoms with E-state index in [4.69, 9.17) is 5.21 Å². The van der Waals surface area contributed by atoms with Crippen molar-refractivity contribution >= 4 is 39.2 Å². The van der Waals surface area contributed by atoms with Gasteiger partial charge in [-0.25, -0.2) is 5.48 Å². The first-order valence-electron chi connectivity index (χ1n) is 12.2. The third-order valence-electron chi connectivity index (χ3n) is 6.55. The zero-order valence-corrected chi connectivity index (χ0v) is 20.3. The number of hydrogen-bond donors (Lipinski definition) is 4. The van der Waals surface area contributed by atoms with Crippen molar-refractivity contribution in [1.82, 2.24) is 5.48 Å². The Morgan fingerprint density at radius 3 is 2.27 bits per heavy atom. The van der Waals surface area contributed by atoms with Crippen LogP contribution in [0.15, 0.2) is 115 Å². The maximum absolute atomic E-state index is 11.7. The summed E-state index contributed by atoms with van der Waals surface area (Å²) in [6.45, 7) is 0.541. The average Bonchev–Trinajstić information content (AvgIpc) is 2.95. The molecule has 0 fully saturated rings. The maximum atomic E-state index is 11.7. The Morgan fingerprint density at radius 1 is 0.784 bits per heavy atom. The number of carbonyl (C=O) groups is 1. The van der Waals surface area contributed by atoms with Crippen molar-refractivity contribution in [2.75, 3.05) is 11.9 Å². The third kappa shape index (κ3) is 5.70. The number of carbonyl (C=O) groups excluding carboxylic acids is 1. The number of aliphatic hydroxyl groups excluding tert-OH is 1.